The van der Waals surface area contributed by atoms with Gasteiger partial charge in [-0.05, 0) is 48.4 Å². The zero-order valence-electron chi connectivity index (χ0n) is 14.2. The first kappa shape index (κ1) is 17.0. The number of nitrogens with zero attached hydrogens (tertiary/aromatic N) is 1. The van der Waals surface area contributed by atoms with Crippen LogP contribution in [-0.4, -0.2) is 37.6 Å². The summed E-state index contributed by atoms with van der Waals surface area (Å²) in [6.07, 6.45) is 1.83. The monoisotopic (exact) mass is 344 g/mol. The van der Waals surface area contributed by atoms with Crippen molar-refractivity contribution in [1.82, 2.24) is 10.2 Å². The van der Waals surface area contributed by atoms with Gasteiger partial charge in [0.05, 0.1) is 13.7 Å². The van der Waals surface area contributed by atoms with Gasteiger partial charge < -0.3 is 10.1 Å². The third kappa shape index (κ3) is 3.79. The number of benzene rings is 1. The second kappa shape index (κ2) is 7.81. The van der Waals surface area contributed by atoms with Crippen molar-refractivity contribution in [3.63, 3.8) is 0 Å². The molecule has 1 aromatic heterocycles. The summed E-state index contributed by atoms with van der Waals surface area (Å²) in [5.41, 5.74) is 2.50. The molecule has 0 spiro atoms. The molecule has 2 heterocycles. The normalized spacial score (nSPS) is 17.3. The molecule has 5 heteroatoms. The van der Waals surface area contributed by atoms with E-state index in [1.807, 2.05) is 35.6 Å². The summed E-state index contributed by atoms with van der Waals surface area (Å²) < 4.78 is 5.34. The highest BCUT2D eigenvalue weighted by molar-refractivity contribution is 7.10. The molecule has 1 amide bonds. The Hall–Kier alpha value is -1.85. The Labute approximate surface area is 147 Å². The van der Waals surface area contributed by atoms with E-state index in [0.29, 0.717) is 19.1 Å². The largest absolute Gasteiger partial charge is 0.496 e. The van der Waals surface area contributed by atoms with Crippen LogP contribution >= 0.6 is 11.3 Å². The van der Waals surface area contributed by atoms with Crippen molar-refractivity contribution in [2.45, 2.75) is 25.8 Å². The molecular weight excluding hydrogens is 320 g/mol. The Kier molecular flexibility index (Phi) is 5.53. The van der Waals surface area contributed by atoms with Crippen molar-refractivity contribution in [3.05, 3.63) is 51.7 Å². The zero-order chi connectivity index (χ0) is 16.9. The molecular formula is C19H24N2O2S. The summed E-state index contributed by atoms with van der Waals surface area (Å²) in [4.78, 5) is 16.0. The minimum atomic E-state index is 0.0930. The predicted octanol–water partition coefficient (Wildman–Crippen LogP) is 3.03. The fourth-order valence-corrected chi connectivity index (χ4v) is 4.23. The second-order valence-corrected chi connectivity index (χ2v) is 7.11. The van der Waals surface area contributed by atoms with Gasteiger partial charge >= 0.3 is 0 Å². The number of ether oxygens (including phenoxy) is 1. The van der Waals surface area contributed by atoms with E-state index in [2.05, 4.69) is 28.6 Å². The van der Waals surface area contributed by atoms with Crippen LogP contribution in [0, 0.1) is 0 Å². The summed E-state index contributed by atoms with van der Waals surface area (Å²) in [6, 6.07) is 10.4. The van der Waals surface area contributed by atoms with Crippen LogP contribution in [-0.2, 0) is 17.6 Å². The molecule has 0 unspecified atom stereocenters. The number of fused-ring (bicyclic) bond motifs is 1. The average molecular weight is 344 g/mol. The van der Waals surface area contributed by atoms with Crippen LogP contribution in [0.3, 0.4) is 0 Å². The number of thiophene rings is 1. The molecule has 0 radical (unpaired) electrons. The Morgan fingerprint density at radius 3 is 3.04 bits per heavy atom. The number of carbonyl (C=O) groups excluding carboxylic acids is 1. The van der Waals surface area contributed by atoms with Crippen LogP contribution in [0.25, 0.3) is 0 Å². The van der Waals surface area contributed by atoms with Crippen molar-refractivity contribution in [1.29, 1.82) is 0 Å². The average Bonchev–Trinajstić information content (AvgIpc) is 3.07. The molecule has 0 fully saturated rings. The van der Waals surface area contributed by atoms with Crippen LogP contribution in [0.1, 0.15) is 29.0 Å². The molecule has 128 valence electrons. The molecule has 3 rings (SSSR count). The second-order valence-electron chi connectivity index (χ2n) is 6.11. The van der Waals surface area contributed by atoms with Crippen LogP contribution in [0.5, 0.6) is 5.75 Å². The van der Waals surface area contributed by atoms with Gasteiger partial charge in [0.1, 0.15) is 5.75 Å². The number of carbonyl (C=O) groups is 1. The smallest absolute Gasteiger partial charge is 0.234 e. The Balaban J connectivity index is 1.48. The molecule has 1 aromatic carbocycles. The van der Waals surface area contributed by atoms with Crippen molar-refractivity contribution in [3.8, 4) is 5.75 Å². The van der Waals surface area contributed by atoms with Gasteiger partial charge in [-0.3, -0.25) is 9.69 Å². The number of rotatable bonds is 6. The quantitative estimate of drug-likeness (QED) is 0.876. The molecule has 2 aromatic rings. The summed E-state index contributed by atoms with van der Waals surface area (Å²) in [7, 11) is 1.67. The van der Waals surface area contributed by atoms with Gasteiger partial charge in [0, 0.05) is 24.0 Å². The van der Waals surface area contributed by atoms with E-state index in [1.165, 1.54) is 10.4 Å². The molecule has 1 atom stereocenters. The molecule has 24 heavy (non-hydrogen) atoms. The van der Waals surface area contributed by atoms with Crippen LogP contribution in [0.2, 0.25) is 0 Å². The minimum Gasteiger partial charge on any atom is -0.496 e. The first-order valence-electron chi connectivity index (χ1n) is 8.38. The molecule has 0 bridgehead atoms. The van der Waals surface area contributed by atoms with Crippen LogP contribution in [0.15, 0.2) is 35.7 Å². The van der Waals surface area contributed by atoms with Gasteiger partial charge in [0.2, 0.25) is 5.91 Å². The molecule has 1 aliphatic rings. The molecule has 1 N–H and O–H groups in total. The maximum Gasteiger partial charge on any atom is 0.234 e. The number of amides is 1. The topological polar surface area (TPSA) is 41.6 Å². The van der Waals surface area contributed by atoms with Gasteiger partial charge in [0.15, 0.2) is 0 Å². The predicted molar refractivity (Wildman–Crippen MR) is 97.7 cm³/mol. The lowest BCUT2D eigenvalue weighted by atomic mass is 10.0. The number of nitrogens with one attached hydrogen (secondary N) is 1. The van der Waals surface area contributed by atoms with Gasteiger partial charge in [-0.2, -0.15) is 0 Å². The highest BCUT2D eigenvalue weighted by Crippen LogP contribution is 2.32. The number of para-hydroxylation sites is 1. The first-order chi connectivity index (χ1) is 11.7. The standard InChI is InChI=1S/C19H24N2O2S/c1-14-16-9-12-24-18(16)8-11-21(14)13-19(22)20-10-7-15-5-3-4-6-17(15)23-2/h3-6,9,12,14H,7-8,10-11,13H2,1-2H3,(H,20,22)/t14-/m0/s1. The van der Waals surface area contributed by atoms with Crippen molar-refractivity contribution in [2.24, 2.45) is 0 Å². The van der Waals surface area contributed by atoms with Crippen LogP contribution in [0.4, 0.5) is 0 Å². The number of hydrogen-bond donors (Lipinski definition) is 1. The Morgan fingerprint density at radius 1 is 1.38 bits per heavy atom. The maximum absolute atomic E-state index is 12.3. The van der Waals surface area contributed by atoms with Gasteiger partial charge in [-0.15, -0.1) is 11.3 Å². The molecule has 1 aliphatic heterocycles. The third-order valence-corrected chi connectivity index (χ3v) is 5.66. The molecule has 0 saturated heterocycles. The van der Waals surface area contributed by atoms with Crippen molar-refractivity contribution < 1.29 is 9.53 Å². The fraction of sp³-hybridized carbons (Fsp3) is 0.421. The summed E-state index contributed by atoms with van der Waals surface area (Å²) in [5, 5.41) is 5.19. The van der Waals surface area contributed by atoms with E-state index in [4.69, 9.17) is 4.74 Å². The van der Waals surface area contributed by atoms with Crippen molar-refractivity contribution >= 4 is 17.2 Å². The van der Waals surface area contributed by atoms with Crippen molar-refractivity contribution in [2.75, 3.05) is 26.7 Å². The van der Waals surface area contributed by atoms with E-state index >= 15 is 0 Å². The van der Waals surface area contributed by atoms with E-state index in [1.54, 1.807) is 7.11 Å². The van der Waals surface area contributed by atoms with Gasteiger partial charge in [-0.1, -0.05) is 18.2 Å². The summed E-state index contributed by atoms with van der Waals surface area (Å²) >= 11 is 1.83. The lowest BCUT2D eigenvalue weighted by molar-refractivity contribution is -0.122. The lowest BCUT2D eigenvalue weighted by Crippen LogP contribution is -2.41. The zero-order valence-corrected chi connectivity index (χ0v) is 15.1. The SMILES string of the molecule is COc1ccccc1CCNC(=O)CN1CCc2sccc2[C@@H]1C. The van der Waals surface area contributed by atoms with Gasteiger partial charge in [0.25, 0.3) is 0 Å². The lowest BCUT2D eigenvalue weighted by Gasteiger charge is -2.32. The first-order valence-corrected chi connectivity index (χ1v) is 9.26. The van der Waals surface area contributed by atoms with E-state index in [9.17, 15) is 4.79 Å². The summed E-state index contributed by atoms with van der Waals surface area (Å²) in [6.45, 7) is 4.23. The van der Waals surface area contributed by atoms with E-state index in [-0.39, 0.29) is 5.91 Å². The molecule has 0 saturated carbocycles. The highest BCUT2D eigenvalue weighted by atomic mass is 32.1. The number of methoxy groups -OCH3 is 1. The minimum absolute atomic E-state index is 0.0930. The molecule has 4 nitrogen and oxygen atoms in total. The Morgan fingerprint density at radius 2 is 2.21 bits per heavy atom. The van der Waals surface area contributed by atoms with E-state index < -0.39 is 0 Å². The number of hydrogen-bond acceptors (Lipinski definition) is 4. The maximum atomic E-state index is 12.3. The van der Waals surface area contributed by atoms with Gasteiger partial charge in [-0.25, -0.2) is 0 Å². The highest BCUT2D eigenvalue weighted by Gasteiger charge is 2.25. The molecule has 0 aliphatic carbocycles. The third-order valence-electron chi connectivity index (χ3n) is 4.66. The Bertz CT molecular complexity index is 698. The summed E-state index contributed by atoms with van der Waals surface area (Å²) in [5.74, 6) is 0.969. The van der Waals surface area contributed by atoms with Crippen LogP contribution < -0.4 is 10.1 Å². The van der Waals surface area contributed by atoms with E-state index in [0.717, 1.165) is 30.7 Å². The fourth-order valence-electron chi connectivity index (χ4n) is 3.26.